The number of amides is 2. The molecule has 2 amide bonds. The summed E-state index contributed by atoms with van der Waals surface area (Å²) in [4.78, 5) is 23.8. The number of hydrogen-bond acceptors (Lipinski definition) is 5. The summed E-state index contributed by atoms with van der Waals surface area (Å²) in [6.07, 6.45) is 0. The monoisotopic (exact) mass is 234 g/mol. The van der Waals surface area contributed by atoms with E-state index >= 15 is 0 Å². The van der Waals surface area contributed by atoms with E-state index in [1.807, 2.05) is 0 Å². The number of imide groups is 1. The lowest BCUT2D eigenvalue weighted by Crippen LogP contribution is -2.35. The van der Waals surface area contributed by atoms with Crippen molar-refractivity contribution in [3.8, 4) is 0 Å². The topological polar surface area (TPSA) is 94.6 Å². The Morgan fingerprint density at radius 1 is 1.20 bits per heavy atom. The van der Waals surface area contributed by atoms with Crippen molar-refractivity contribution in [1.29, 1.82) is 0 Å². The van der Waals surface area contributed by atoms with Crippen molar-refractivity contribution < 1.29 is 22.6 Å². The van der Waals surface area contributed by atoms with E-state index in [0.717, 1.165) is 4.90 Å². The van der Waals surface area contributed by atoms with Crippen LogP contribution in [0.4, 0.5) is 0 Å². The van der Waals surface area contributed by atoms with Gasteiger partial charge in [0, 0.05) is 18.4 Å². The molecule has 0 bridgehead atoms. The molecular weight excluding hydrogens is 222 g/mol. The normalized spacial score (nSPS) is 27.5. The average molecular weight is 234 g/mol. The van der Waals surface area contributed by atoms with Crippen LogP contribution in [0.3, 0.4) is 0 Å². The molecule has 0 saturated carbocycles. The molecule has 0 aromatic heterocycles. The molecule has 0 aromatic carbocycles. The van der Waals surface area contributed by atoms with E-state index < -0.39 is 39.5 Å². The van der Waals surface area contributed by atoms with Gasteiger partial charge in [0.05, 0.1) is 15.9 Å². The number of nitrogens with zero attached hydrogens (tertiary/aromatic N) is 1. The molecule has 1 aliphatic rings. The first-order valence-corrected chi connectivity index (χ1v) is 6.10. The van der Waals surface area contributed by atoms with E-state index in [1.165, 1.54) is 0 Å². The van der Waals surface area contributed by atoms with Crippen LogP contribution < -0.4 is 0 Å². The highest BCUT2D eigenvalue weighted by Gasteiger charge is 2.41. The van der Waals surface area contributed by atoms with Gasteiger partial charge in [0.1, 0.15) is 0 Å². The molecule has 2 atom stereocenters. The summed E-state index contributed by atoms with van der Waals surface area (Å²) in [5, 5.41) is 0. The minimum atomic E-state index is -4.39. The van der Waals surface area contributed by atoms with Gasteiger partial charge in [0.15, 0.2) is 0 Å². The van der Waals surface area contributed by atoms with E-state index in [2.05, 4.69) is 0 Å². The Bertz CT molecular complexity index is 368. The molecule has 1 aliphatic heterocycles. The van der Waals surface area contributed by atoms with Crippen molar-refractivity contribution in [2.45, 2.75) is 13.8 Å². The standard InChI is InChI=1S/C8H13NO5S/c1-5-6(2)8(11)9(7(5)10)3-4-15(12,13)14/h5-6H,3-4H2,1-2H3,(H,12,13,14)/p-1. The van der Waals surface area contributed by atoms with Gasteiger partial charge in [-0.1, -0.05) is 13.8 Å². The van der Waals surface area contributed by atoms with Gasteiger partial charge in [0.25, 0.3) is 0 Å². The van der Waals surface area contributed by atoms with E-state index in [1.54, 1.807) is 13.8 Å². The number of likely N-dealkylation sites (tertiary alicyclic amines) is 1. The Morgan fingerprint density at radius 2 is 1.60 bits per heavy atom. The third kappa shape index (κ3) is 2.54. The third-order valence-corrected chi connectivity index (χ3v) is 3.31. The molecule has 86 valence electrons. The van der Waals surface area contributed by atoms with Gasteiger partial charge in [0.2, 0.25) is 11.8 Å². The fourth-order valence-corrected chi connectivity index (χ4v) is 1.86. The summed E-state index contributed by atoms with van der Waals surface area (Å²) in [5.74, 6) is -2.41. The van der Waals surface area contributed by atoms with E-state index in [0.29, 0.717) is 0 Å². The Labute approximate surface area is 88.0 Å². The number of hydrogen-bond donors (Lipinski definition) is 0. The zero-order chi connectivity index (χ0) is 11.8. The summed E-state index contributed by atoms with van der Waals surface area (Å²) < 4.78 is 31.1. The van der Waals surface area contributed by atoms with E-state index in [9.17, 15) is 22.6 Å². The maximum atomic E-state index is 11.5. The van der Waals surface area contributed by atoms with Crippen LogP contribution in [0.25, 0.3) is 0 Å². The Morgan fingerprint density at radius 3 is 1.93 bits per heavy atom. The molecule has 1 fully saturated rings. The maximum Gasteiger partial charge on any atom is 0.232 e. The van der Waals surface area contributed by atoms with Crippen molar-refractivity contribution in [2.75, 3.05) is 12.3 Å². The lowest BCUT2D eigenvalue weighted by atomic mass is 10.00. The smallest absolute Gasteiger partial charge is 0.232 e. The predicted molar refractivity (Wildman–Crippen MR) is 49.6 cm³/mol. The van der Waals surface area contributed by atoms with Crippen molar-refractivity contribution in [1.82, 2.24) is 4.90 Å². The van der Waals surface area contributed by atoms with Crippen molar-refractivity contribution in [3.05, 3.63) is 0 Å². The Hall–Kier alpha value is -0.950. The molecule has 2 unspecified atom stereocenters. The first kappa shape index (κ1) is 12.1. The zero-order valence-corrected chi connectivity index (χ0v) is 9.28. The fraction of sp³-hybridized carbons (Fsp3) is 0.750. The Kier molecular flexibility index (Phi) is 3.15. The van der Waals surface area contributed by atoms with Crippen LogP contribution >= 0.6 is 0 Å². The number of carbonyl (C=O) groups is 2. The first-order chi connectivity index (χ1) is 6.74. The third-order valence-electron chi connectivity index (χ3n) is 2.63. The first-order valence-electron chi connectivity index (χ1n) is 4.53. The Balaban J connectivity index is 2.72. The van der Waals surface area contributed by atoms with Crippen LogP contribution in [0.2, 0.25) is 0 Å². The van der Waals surface area contributed by atoms with Crippen molar-refractivity contribution in [3.63, 3.8) is 0 Å². The lowest BCUT2D eigenvalue weighted by Gasteiger charge is -2.15. The maximum absolute atomic E-state index is 11.5. The summed E-state index contributed by atoms with van der Waals surface area (Å²) in [7, 11) is -4.39. The second-order valence-corrected chi connectivity index (χ2v) is 5.19. The van der Waals surface area contributed by atoms with Crippen LogP contribution in [0.1, 0.15) is 13.8 Å². The quantitative estimate of drug-likeness (QED) is 0.469. The average Bonchev–Trinajstić information content (AvgIpc) is 2.28. The molecular formula is C8H12NO5S-. The SMILES string of the molecule is CC1C(=O)N(CCS(=O)(=O)[O-])C(=O)C1C. The van der Waals surface area contributed by atoms with E-state index in [-0.39, 0.29) is 6.54 Å². The zero-order valence-electron chi connectivity index (χ0n) is 8.47. The molecule has 0 aromatic rings. The van der Waals surface area contributed by atoms with Gasteiger partial charge in [-0.3, -0.25) is 14.5 Å². The van der Waals surface area contributed by atoms with Crippen LogP contribution in [-0.2, 0) is 19.7 Å². The van der Waals surface area contributed by atoms with Gasteiger partial charge in [-0.2, -0.15) is 0 Å². The number of rotatable bonds is 3. The molecule has 1 heterocycles. The van der Waals surface area contributed by atoms with Crippen molar-refractivity contribution in [2.24, 2.45) is 11.8 Å². The van der Waals surface area contributed by atoms with Crippen LogP contribution in [0.15, 0.2) is 0 Å². The molecule has 0 radical (unpaired) electrons. The molecule has 15 heavy (non-hydrogen) atoms. The molecule has 0 N–H and O–H groups in total. The second-order valence-electron chi connectivity index (χ2n) is 3.67. The van der Waals surface area contributed by atoms with Crippen molar-refractivity contribution >= 4 is 21.9 Å². The molecule has 1 rings (SSSR count). The van der Waals surface area contributed by atoms with Gasteiger partial charge in [-0.15, -0.1) is 0 Å². The van der Waals surface area contributed by atoms with Gasteiger partial charge in [-0.25, -0.2) is 8.42 Å². The van der Waals surface area contributed by atoms with Gasteiger partial charge in [-0.05, 0) is 0 Å². The van der Waals surface area contributed by atoms with Gasteiger partial charge >= 0.3 is 0 Å². The summed E-state index contributed by atoms with van der Waals surface area (Å²) in [5.41, 5.74) is 0. The minimum Gasteiger partial charge on any atom is -0.748 e. The minimum absolute atomic E-state index is 0.335. The molecule has 7 heteroatoms. The van der Waals surface area contributed by atoms with Crippen LogP contribution in [-0.4, -0.2) is 42.0 Å². The molecule has 6 nitrogen and oxygen atoms in total. The largest absolute Gasteiger partial charge is 0.748 e. The fourth-order valence-electron chi connectivity index (χ4n) is 1.45. The van der Waals surface area contributed by atoms with Gasteiger partial charge < -0.3 is 4.55 Å². The lowest BCUT2D eigenvalue weighted by molar-refractivity contribution is -0.139. The summed E-state index contributed by atoms with van der Waals surface area (Å²) >= 11 is 0. The molecule has 1 saturated heterocycles. The summed E-state index contributed by atoms with van der Waals surface area (Å²) in [6, 6.07) is 0. The molecule has 0 spiro atoms. The van der Waals surface area contributed by atoms with Crippen LogP contribution in [0, 0.1) is 11.8 Å². The highest BCUT2D eigenvalue weighted by molar-refractivity contribution is 7.85. The van der Waals surface area contributed by atoms with E-state index in [4.69, 9.17) is 0 Å². The van der Waals surface area contributed by atoms with Crippen LogP contribution in [0.5, 0.6) is 0 Å². The number of carbonyl (C=O) groups excluding carboxylic acids is 2. The highest BCUT2D eigenvalue weighted by Crippen LogP contribution is 2.24. The highest BCUT2D eigenvalue weighted by atomic mass is 32.2. The summed E-state index contributed by atoms with van der Waals surface area (Å²) in [6.45, 7) is 2.88. The molecule has 0 aliphatic carbocycles. The predicted octanol–water partition coefficient (Wildman–Crippen LogP) is -0.827. The second kappa shape index (κ2) is 3.90.